The standard InChI is InChI=1S/C22H21N3O3S2/c1-14-9-8-12-18(13-14)25-22(30-20(23-25)16(3)26)24(17-10-6-5-7-11-17)15(2)19(29-22)21(27)28-4/h5-13H,1-4H3. The summed E-state index contributed by atoms with van der Waals surface area (Å²) in [7, 11) is 1.37. The van der Waals surface area contributed by atoms with E-state index < -0.39 is 10.3 Å². The molecule has 0 aromatic heterocycles. The van der Waals surface area contributed by atoms with Gasteiger partial charge in [-0.05, 0) is 55.4 Å². The lowest BCUT2D eigenvalue weighted by atomic mass is 10.2. The number of hydrogen-bond donors (Lipinski definition) is 0. The lowest BCUT2D eigenvalue weighted by Gasteiger charge is -2.41. The molecule has 0 amide bonds. The van der Waals surface area contributed by atoms with Gasteiger partial charge in [0.15, 0.2) is 10.8 Å². The number of carbonyl (C=O) groups is 2. The van der Waals surface area contributed by atoms with Crippen LogP contribution in [-0.4, -0.2) is 28.2 Å². The van der Waals surface area contributed by atoms with Crippen molar-refractivity contribution in [2.75, 3.05) is 17.0 Å². The number of esters is 1. The molecule has 2 aliphatic rings. The second kappa shape index (κ2) is 7.85. The number of methoxy groups -OCH3 is 1. The zero-order valence-electron chi connectivity index (χ0n) is 17.1. The molecule has 1 spiro atoms. The van der Waals surface area contributed by atoms with Gasteiger partial charge in [-0.15, -0.1) is 0 Å². The molecule has 154 valence electrons. The third kappa shape index (κ3) is 3.30. The van der Waals surface area contributed by atoms with Crippen molar-refractivity contribution in [2.45, 2.75) is 25.1 Å². The summed E-state index contributed by atoms with van der Waals surface area (Å²) in [5.74, 6) is -0.524. The summed E-state index contributed by atoms with van der Waals surface area (Å²) in [4.78, 5) is 27.5. The van der Waals surface area contributed by atoms with Crippen molar-refractivity contribution in [3.8, 4) is 0 Å². The molecule has 6 nitrogen and oxygen atoms in total. The minimum atomic E-state index is -0.899. The van der Waals surface area contributed by atoms with Crippen LogP contribution in [0, 0.1) is 6.92 Å². The predicted molar refractivity (Wildman–Crippen MR) is 123 cm³/mol. The van der Waals surface area contributed by atoms with E-state index in [4.69, 9.17) is 4.74 Å². The highest BCUT2D eigenvalue weighted by Gasteiger charge is 2.57. The normalized spacial score (nSPS) is 20.7. The Balaban J connectivity index is 1.92. The Hall–Kier alpha value is -2.71. The summed E-state index contributed by atoms with van der Waals surface area (Å²) in [5, 5.41) is 6.91. The van der Waals surface area contributed by atoms with Crippen LogP contribution in [0.4, 0.5) is 11.4 Å². The SMILES string of the molecule is COC(=O)C1=C(C)N(c2ccccc2)C2(SC(C(C)=O)=NN2c2cccc(C)c2)S1. The topological polar surface area (TPSA) is 62.2 Å². The number of carbonyl (C=O) groups excluding carboxylic acids is 2. The van der Waals surface area contributed by atoms with E-state index in [1.165, 1.54) is 37.6 Å². The maximum Gasteiger partial charge on any atom is 0.346 e. The molecule has 2 aromatic carbocycles. The van der Waals surface area contributed by atoms with Gasteiger partial charge in [-0.25, -0.2) is 9.80 Å². The minimum absolute atomic E-state index is 0.118. The van der Waals surface area contributed by atoms with E-state index >= 15 is 0 Å². The zero-order chi connectivity index (χ0) is 21.5. The average Bonchev–Trinajstić information content (AvgIpc) is 3.26. The molecule has 0 saturated carbocycles. The second-order valence-corrected chi connectivity index (χ2v) is 9.54. The number of rotatable bonds is 4. The summed E-state index contributed by atoms with van der Waals surface area (Å²) in [6.45, 7) is 5.41. The summed E-state index contributed by atoms with van der Waals surface area (Å²) in [5.41, 5.74) is 3.56. The summed E-state index contributed by atoms with van der Waals surface area (Å²) >= 11 is 2.69. The Morgan fingerprint density at radius 3 is 2.33 bits per heavy atom. The highest BCUT2D eigenvalue weighted by Crippen LogP contribution is 2.60. The number of hydrogen-bond acceptors (Lipinski definition) is 8. The van der Waals surface area contributed by atoms with Crippen molar-refractivity contribution in [3.05, 3.63) is 70.8 Å². The number of ether oxygens (including phenoxy) is 1. The van der Waals surface area contributed by atoms with Crippen LogP contribution in [0.25, 0.3) is 0 Å². The first-order valence-corrected chi connectivity index (χ1v) is 11.0. The molecule has 0 aliphatic carbocycles. The zero-order valence-corrected chi connectivity index (χ0v) is 18.7. The smallest absolute Gasteiger partial charge is 0.346 e. The number of allylic oxidation sites excluding steroid dienone is 1. The van der Waals surface area contributed by atoms with Crippen LogP contribution in [0.2, 0.25) is 0 Å². The van der Waals surface area contributed by atoms with Crippen molar-refractivity contribution in [3.63, 3.8) is 0 Å². The van der Waals surface area contributed by atoms with Crippen molar-refractivity contribution in [1.29, 1.82) is 0 Å². The van der Waals surface area contributed by atoms with E-state index in [2.05, 4.69) is 10.0 Å². The molecular formula is C22H21N3O3S2. The highest BCUT2D eigenvalue weighted by molar-refractivity contribution is 8.29. The van der Waals surface area contributed by atoms with Gasteiger partial charge in [0.2, 0.25) is 4.33 Å². The fourth-order valence-corrected chi connectivity index (χ4v) is 6.43. The summed E-state index contributed by atoms with van der Waals surface area (Å²) in [6.07, 6.45) is 0. The number of benzene rings is 2. The molecule has 0 radical (unpaired) electrons. The third-order valence-electron chi connectivity index (χ3n) is 4.80. The number of anilines is 2. The lowest BCUT2D eigenvalue weighted by Crippen LogP contribution is -2.49. The monoisotopic (exact) mass is 439 g/mol. The maximum atomic E-state index is 12.6. The number of Topliss-reactive ketones (excluding diaryl/α,β-unsaturated/α-hetero) is 1. The van der Waals surface area contributed by atoms with Crippen LogP contribution >= 0.6 is 23.5 Å². The van der Waals surface area contributed by atoms with Gasteiger partial charge in [0, 0.05) is 18.3 Å². The predicted octanol–water partition coefficient (Wildman–Crippen LogP) is 4.72. The Morgan fingerprint density at radius 1 is 1.00 bits per heavy atom. The number of hydrazone groups is 1. The molecule has 0 saturated heterocycles. The molecule has 1 unspecified atom stereocenters. The first kappa shape index (κ1) is 20.6. The first-order chi connectivity index (χ1) is 14.4. The van der Waals surface area contributed by atoms with Crippen LogP contribution < -0.4 is 9.91 Å². The molecule has 1 atom stereocenters. The van der Waals surface area contributed by atoms with Crippen LogP contribution in [0.5, 0.6) is 0 Å². The summed E-state index contributed by atoms with van der Waals surface area (Å²) < 4.78 is 4.15. The molecule has 4 rings (SSSR count). The maximum absolute atomic E-state index is 12.6. The molecular weight excluding hydrogens is 418 g/mol. The number of ketones is 1. The Bertz CT molecular complexity index is 1080. The van der Waals surface area contributed by atoms with Crippen LogP contribution in [-0.2, 0) is 14.3 Å². The second-order valence-electron chi connectivity index (χ2n) is 6.94. The highest BCUT2D eigenvalue weighted by atomic mass is 32.2. The van der Waals surface area contributed by atoms with E-state index in [0.717, 1.165) is 22.6 Å². The van der Waals surface area contributed by atoms with E-state index in [1.54, 1.807) is 0 Å². The molecule has 2 aliphatic heterocycles. The molecule has 0 bridgehead atoms. The van der Waals surface area contributed by atoms with Gasteiger partial charge >= 0.3 is 5.97 Å². The van der Waals surface area contributed by atoms with E-state index in [0.29, 0.717) is 9.95 Å². The van der Waals surface area contributed by atoms with Crippen LogP contribution in [0.15, 0.2) is 70.3 Å². The number of para-hydroxylation sites is 1. The van der Waals surface area contributed by atoms with E-state index in [1.807, 2.05) is 73.5 Å². The van der Waals surface area contributed by atoms with Gasteiger partial charge in [0.1, 0.15) is 4.91 Å². The van der Waals surface area contributed by atoms with Crippen molar-refractivity contribution >= 4 is 51.7 Å². The number of nitrogens with zero attached hydrogens (tertiary/aromatic N) is 3. The van der Waals surface area contributed by atoms with Gasteiger partial charge in [0.25, 0.3) is 0 Å². The van der Waals surface area contributed by atoms with Gasteiger partial charge in [-0.3, -0.25) is 4.79 Å². The Morgan fingerprint density at radius 2 is 1.70 bits per heavy atom. The Labute approximate surface area is 184 Å². The number of aryl methyl sites for hydroxylation is 1. The lowest BCUT2D eigenvalue weighted by molar-refractivity contribution is -0.135. The molecule has 2 heterocycles. The van der Waals surface area contributed by atoms with Gasteiger partial charge in [-0.1, -0.05) is 42.1 Å². The van der Waals surface area contributed by atoms with E-state index in [-0.39, 0.29) is 5.78 Å². The molecule has 8 heteroatoms. The fraction of sp³-hybridized carbons (Fsp3) is 0.227. The molecule has 0 fully saturated rings. The number of thioether (sulfide) groups is 2. The summed E-state index contributed by atoms with van der Waals surface area (Å²) in [6, 6.07) is 17.7. The average molecular weight is 440 g/mol. The van der Waals surface area contributed by atoms with Crippen molar-refractivity contribution in [2.24, 2.45) is 5.10 Å². The van der Waals surface area contributed by atoms with E-state index in [9.17, 15) is 9.59 Å². The Kier molecular flexibility index (Phi) is 5.38. The van der Waals surface area contributed by atoms with Gasteiger partial charge in [-0.2, -0.15) is 5.10 Å². The third-order valence-corrected chi connectivity index (χ3v) is 7.77. The van der Waals surface area contributed by atoms with Gasteiger partial charge < -0.3 is 9.64 Å². The van der Waals surface area contributed by atoms with Crippen LogP contribution in [0.1, 0.15) is 19.4 Å². The van der Waals surface area contributed by atoms with Crippen LogP contribution in [0.3, 0.4) is 0 Å². The first-order valence-electron chi connectivity index (χ1n) is 9.36. The quantitative estimate of drug-likeness (QED) is 0.639. The van der Waals surface area contributed by atoms with Gasteiger partial charge in [0.05, 0.1) is 12.8 Å². The van der Waals surface area contributed by atoms with Crippen molar-refractivity contribution < 1.29 is 14.3 Å². The molecule has 2 aromatic rings. The molecule has 0 N–H and O–H groups in total. The molecule has 30 heavy (non-hydrogen) atoms. The van der Waals surface area contributed by atoms with Crippen molar-refractivity contribution in [1.82, 2.24) is 0 Å². The largest absolute Gasteiger partial charge is 0.465 e. The fourth-order valence-electron chi connectivity index (χ4n) is 3.45. The minimum Gasteiger partial charge on any atom is -0.465 e.